The van der Waals surface area contributed by atoms with Crippen LogP contribution in [0.2, 0.25) is 13.1 Å². The first kappa shape index (κ1) is 27.3. The van der Waals surface area contributed by atoms with Crippen LogP contribution in [0.25, 0.3) is 5.57 Å². The number of unbranched alkanes of at least 4 members (excludes halogenated alkanes) is 2. The number of anilines is 1. The molecule has 1 aromatic carbocycles. The van der Waals surface area contributed by atoms with E-state index < -0.39 is 20.0 Å². The number of hydrogen-bond donors (Lipinski definition) is 2. The summed E-state index contributed by atoms with van der Waals surface area (Å²) in [5, 5.41) is 22.5. The van der Waals surface area contributed by atoms with Gasteiger partial charge in [-0.25, -0.2) is 9.59 Å². The quantitative estimate of drug-likeness (QED) is 0.286. The maximum Gasteiger partial charge on any atom is 0.346 e. The summed E-state index contributed by atoms with van der Waals surface area (Å²) in [5.74, 6) is -2.19. The molecule has 3 aliphatic rings. The minimum Gasteiger partial charge on any atom is -0.477 e. The number of aromatic carboxylic acids is 2. The van der Waals surface area contributed by atoms with E-state index in [0.717, 1.165) is 72.7 Å². The van der Waals surface area contributed by atoms with Crippen molar-refractivity contribution < 1.29 is 19.8 Å². The van der Waals surface area contributed by atoms with E-state index in [2.05, 4.69) is 55.3 Å². The fourth-order valence-electron chi connectivity index (χ4n) is 6.10. The van der Waals surface area contributed by atoms with Crippen LogP contribution < -0.4 is 10.1 Å². The molecule has 2 aromatic rings. The van der Waals surface area contributed by atoms with Crippen LogP contribution in [0.15, 0.2) is 52.2 Å². The lowest BCUT2D eigenvalue weighted by Gasteiger charge is -2.38. The van der Waals surface area contributed by atoms with E-state index in [9.17, 15) is 19.8 Å². The Kier molecular flexibility index (Phi) is 7.53. The van der Waals surface area contributed by atoms with Crippen molar-refractivity contribution in [1.29, 1.82) is 0 Å². The lowest BCUT2D eigenvalue weighted by molar-refractivity contribution is 0.0692. The van der Waals surface area contributed by atoms with Gasteiger partial charge in [-0.1, -0.05) is 45.0 Å². The van der Waals surface area contributed by atoms with Gasteiger partial charge in [0.2, 0.25) is 0 Å². The first-order valence-corrected chi connectivity index (χ1v) is 17.7. The van der Waals surface area contributed by atoms with E-state index in [-0.39, 0.29) is 9.75 Å². The third kappa shape index (κ3) is 4.85. The van der Waals surface area contributed by atoms with Crippen LogP contribution in [-0.4, -0.2) is 55.6 Å². The molecule has 0 saturated carbocycles. The number of nitrogens with zero attached hydrogens (tertiary/aromatic N) is 2. The predicted molar refractivity (Wildman–Crippen MR) is 163 cm³/mol. The molecule has 2 aliphatic heterocycles. The van der Waals surface area contributed by atoms with Gasteiger partial charge in [0, 0.05) is 30.9 Å². The molecule has 5 rings (SSSR count). The molecule has 0 unspecified atom stereocenters. The highest BCUT2D eigenvalue weighted by atomic mass is 32.1. The number of aliphatic imine (C=N–C) groups is 1. The Morgan fingerprint density at radius 2 is 1.77 bits per heavy atom. The molecule has 1 fully saturated rings. The Labute approximate surface area is 235 Å². The standard InChI is InChI=1S/C31H36N2O4SSi/c1-5-6-7-14-32-20-10-12-22-24(17-20)39(3,4)25-18-21(33-15-8-9-16-33)11-13-23(25)27(22)26-19(2)28(30(34)35)38-29(26)31(36)37/h10-13,17-18H,5-9,14-16H2,1-4H3,(H,34,35)(H,36,37)/b32-20-. The third-order valence-electron chi connectivity index (χ3n) is 8.20. The normalized spacial score (nSPS) is 18.8. The van der Waals surface area contributed by atoms with Crippen molar-refractivity contribution >= 4 is 53.5 Å². The molecular formula is C31H36N2O4SSi. The Morgan fingerprint density at radius 1 is 1.05 bits per heavy atom. The van der Waals surface area contributed by atoms with Crippen molar-refractivity contribution in [2.24, 2.45) is 4.99 Å². The van der Waals surface area contributed by atoms with Crippen molar-refractivity contribution in [3.63, 3.8) is 0 Å². The summed E-state index contributed by atoms with van der Waals surface area (Å²) in [6.45, 7) is 11.5. The van der Waals surface area contributed by atoms with Gasteiger partial charge in [0.05, 0.1) is 5.71 Å². The molecule has 0 radical (unpaired) electrons. The van der Waals surface area contributed by atoms with Crippen molar-refractivity contribution in [2.75, 3.05) is 24.5 Å². The zero-order valence-corrected chi connectivity index (χ0v) is 25.0. The topological polar surface area (TPSA) is 90.2 Å². The van der Waals surface area contributed by atoms with Gasteiger partial charge in [-0.05, 0) is 83.1 Å². The molecule has 0 amide bonds. The predicted octanol–water partition coefficient (Wildman–Crippen LogP) is 6.45. The number of hydrogen-bond acceptors (Lipinski definition) is 5. The van der Waals surface area contributed by atoms with Crippen LogP contribution in [0.5, 0.6) is 0 Å². The molecule has 6 nitrogen and oxygen atoms in total. The number of thiophene rings is 1. The van der Waals surface area contributed by atoms with E-state index in [4.69, 9.17) is 4.99 Å². The van der Waals surface area contributed by atoms with Gasteiger partial charge in [0.15, 0.2) is 0 Å². The van der Waals surface area contributed by atoms with Crippen LogP contribution >= 0.6 is 11.3 Å². The lowest BCUT2D eigenvalue weighted by Crippen LogP contribution is -2.49. The molecule has 0 bridgehead atoms. The van der Waals surface area contributed by atoms with Crippen molar-refractivity contribution in [3.05, 3.63) is 73.6 Å². The van der Waals surface area contributed by atoms with Crippen molar-refractivity contribution in [2.45, 2.75) is 59.0 Å². The highest BCUT2D eigenvalue weighted by molar-refractivity contribution is 7.16. The van der Waals surface area contributed by atoms with Crippen LogP contribution in [0.1, 0.15) is 75.1 Å². The van der Waals surface area contributed by atoms with E-state index >= 15 is 0 Å². The zero-order chi connectivity index (χ0) is 27.9. The molecule has 1 aromatic heterocycles. The summed E-state index contributed by atoms with van der Waals surface area (Å²) < 4.78 is 0. The number of carbonyl (C=O) groups is 2. The second-order valence-electron chi connectivity index (χ2n) is 11.1. The first-order valence-electron chi connectivity index (χ1n) is 13.8. The number of carboxylic acids is 2. The Balaban J connectivity index is 1.77. The van der Waals surface area contributed by atoms with Gasteiger partial charge in [0.25, 0.3) is 0 Å². The molecule has 39 heavy (non-hydrogen) atoms. The molecule has 0 spiro atoms. The Morgan fingerprint density at radius 3 is 2.44 bits per heavy atom. The molecule has 3 heterocycles. The fourth-order valence-corrected chi connectivity index (χ4v) is 10.2. The molecule has 8 heteroatoms. The summed E-state index contributed by atoms with van der Waals surface area (Å²) in [6.07, 6.45) is 12.1. The summed E-state index contributed by atoms with van der Waals surface area (Å²) >= 11 is 0.852. The first-order chi connectivity index (χ1) is 18.6. The summed E-state index contributed by atoms with van der Waals surface area (Å²) in [5.41, 5.74) is 6.05. The van der Waals surface area contributed by atoms with Gasteiger partial charge in [-0.2, -0.15) is 0 Å². The maximum atomic E-state index is 12.4. The number of allylic oxidation sites excluding steroid dienone is 5. The third-order valence-corrected chi connectivity index (χ3v) is 13.0. The molecule has 204 valence electrons. The van der Waals surface area contributed by atoms with Crippen LogP contribution in [-0.2, 0) is 0 Å². The van der Waals surface area contributed by atoms with Crippen molar-refractivity contribution in [1.82, 2.24) is 0 Å². The fraction of sp³-hybridized carbons (Fsp3) is 0.387. The zero-order valence-electron chi connectivity index (χ0n) is 23.1. The van der Waals surface area contributed by atoms with Crippen molar-refractivity contribution in [3.8, 4) is 0 Å². The Hall–Kier alpha value is -3.23. The summed E-state index contributed by atoms with van der Waals surface area (Å²) in [6, 6.07) is 6.61. The molecule has 1 saturated heterocycles. The molecular weight excluding hydrogens is 525 g/mol. The van der Waals surface area contributed by atoms with Crippen LogP contribution in [0.4, 0.5) is 5.69 Å². The second-order valence-corrected chi connectivity index (χ2v) is 16.5. The van der Waals surface area contributed by atoms with E-state index in [0.29, 0.717) is 11.1 Å². The van der Waals surface area contributed by atoms with Gasteiger partial charge in [0.1, 0.15) is 17.8 Å². The molecule has 1 aliphatic carbocycles. The van der Waals surface area contributed by atoms with Gasteiger partial charge >= 0.3 is 11.9 Å². The average molecular weight is 561 g/mol. The number of carboxylic acid groups (broad SMARTS) is 2. The van der Waals surface area contributed by atoms with Gasteiger partial charge < -0.3 is 15.1 Å². The van der Waals surface area contributed by atoms with E-state index in [1.54, 1.807) is 6.92 Å². The minimum absolute atomic E-state index is 0.0788. The highest BCUT2D eigenvalue weighted by Gasteiger charge is 2.41. The second kappa shape index (κ2) is 10.7. The van der Waals surface area contributed by atoms with Crippen LogP contribution in [0.3, 0.4) is 0 Å². The SMILES string of the molecule is CCCCC/N=C1/C=CC2=C(c3c(C(=O)O)sc(C(=O)O)c3C)c3ccc(N4CCCC4)cc3[Si](C)(C)C2=C1. The minimum atomic E-state index is -2.22. The monoisotopic (exact) mass is 560 g/mol. The Bertz CT molecular complexity index is 1470. The average Bonchev–Trinajstić information content (AvgIpc) is 3.56. The summed E-state index contributed by atoms with van der Waals surface area (Å²) in [7, 11) is -2.22. The smallest absolute Gasteiger partial charge is 0.346 e. The van der Waals surface area contributed by atoms with Gasteiger partial charge in [-0.15, -0.1) is 11.3 Å². The van der Waals surface area contributed by atoms with Crippen LogP contribution in [0, 0.1) is 6.92 Å². The highest BCUT2D eigenvalue weighted by Crippen LogP contribution is 2.46. The van der Waals surface area contributed by atoms with E-state index in [1.807, 2.05) is 6.08 Å². The van der Waals surface area contributed by atoms with Gasteiger partial charge in [-0.3, -0.25) is 4.99 Å². The summed E-state index contributed by atoms with van der Waals surface area (Å²) in [4.78, 5) is 32.0. The number of rotatable bonds is 8. The number of benzene rings is 1. The largest absolute Gasteiger partial charge is 0.477 e. The lowest BCUT2D eigenvalue weighted by atomic mass is 9.87. The number of fused-ring (bicyclic) bond motifs is 2. The molecule has 0 atom stereocenters. The maximum absolute atomic E-state index is 12.4. The molecule has 2 N–H and O–H groups in total. The van der Waals surface area contributed by atoms with E-state index in [1.165, 1.54) is 28.9 Å².